The standard InChI is InChI=1S/C11H18N3O14P3/c1-5(26-30(20,21)28-31(22,23)27-29(17,18)19)11-4-24-7(8(11)15)9(25-11)14-3-2-6(12)13-10(14)16/h2-3,5,7-9,15H,4H2,1H3,(H,20,21)(H,22,23)(H2,12,13,16)(H2,17,18,19)/t5?,7-,8+,9-,11-/m1/s1. The van der Waals surface area contributed by atoms with E-state index in [-0.39, 0.29) is 12.4 Å². The van der Waals surface area contributed by atoms with Crippen LogP contribution in [-0.2, 0) is 36.3 Å². The van der Waals surface area contributed by atoms with Crippen molar-refractivity contribution < 1.29 is 61.0 Å². The summed E-state index contributed by atoms with van der Waals surface area (Å²) in [4.78, 5) is 51.7. The van der Waals surface area contributed by atoms with Crippen LogP contribution in [0.3, 0.4) is 0 Å². The van der Waals surface area contributed by atoms with Gasteiger partial charge in [0.25, 0.3) is 0 Å². The van der Waals surface area contributed by atoms with Crippen LogP contribution in [0.2, 0.25) is 0 Å². The summed E-state index contributed by atoms with van der Waals surface area (Å²) in [5.74, 6) is -0.0680. The van der Waals surface area contributed by atoms with Crippen molar-refractivity contribution in [1.82, 2.24) is 9.55 Å². The first-order chi connectivity index (χ1) is 14.1. The van der Waals surface area contributed by atoms with Crippen molar-refractivity contribution in [2.75, 3.05) is 12.3 Å². The Hall–Kier alpha value is -1.03. The molecule has 176 valence electrons. The quantitative estimate of drug-likeness (QED) is 0.220. The van der Waals surface area contributed by atoms with E-state index in [1.54, 1.807) is 0 Å². The first kappa shape index (κ1) is 24.6. The van der Waals surface area contributed by atoms with Gasteiger partial charge in [-0.2, -0.15) is 13.6 Å². The van der Waals surface area contributed by atoms with Crippen LogP contribution in [0, 0.1) is 0 Å². The Bertz CT molecular complexity index is 1060. The highest BCUT2D eigenvalue weighted by Crippen LogP contribution is 2.67. The molecular formula is C11H18N3O14P3. The lowest BCUT2D eigenvalue weighted by atomic mass is 9.94. The van der Waals surface area contributed by atoms with E-state index in [0.29, 0.717) is 0 Å². The number of aliphatic hydroxyl groups is 1. The largest absolute Gasteiger partial charge is 0.490 e. The molecule has 1 aromatic rings. The fourth-order valence-electron chi connectivity index (χ4n) is 3.19. The SMILES string of the molecule is CC(OP(=O)(O)OP(=O)(O)OP(=O)(O)O)[C@@]12CO[C@@H]([C@H](n3ccc(N)nc3=O)O1)[C@@H]2O. The van der Waals surface area contributed by atoms with Crippen molar-refractivity contribution in [2.24, 2.45) is 0 Å². The summed E-state index contributed by atoms with van der Waals surface area (Å²) in [6.07, 6.45) is -4.18. The first-order valence-corrected chi connectivity index (χ1v) is 12.7. The first-order valence-electron chi connectivity index (χ1n) is 8.20. The number of rotatable bonds is 8. The number of aromatic nitrogens is 2. The number of hydrogen-bond donors (Lipinski definition) is 6. The van der Waals surface area contributed by atoms with Crippen molar-refractivity contribution in [3.05, 3.63) is 22.7 Å². The third-order valence-corrected chi connectivity index (χ3v) is 8.37. The summed E-state index contributed by atoms with van der Waals surface area (Å²) in [5.41, 5.74) is 2.76. The van der Waals surface area contributed by atoms with Crippen molar-refractivity contribution in [3.8, 4) is 0 Å². The molecule has 20 heteroatoms. The van der Waals surface area contributed by atoms with E-state index < -0.39 is 59.3 Å². The fourth-order valence-corrected chi connectivity index (χ4v) is 6.43. The van der Waals surface area contributed by atoms with Crippen LogP contribution >= 0.6 is 23.5 Å². The lowest BCUT2D eigenvalue weighted by molar-refractivity contribution is -0.204. The second-order valence-electron chi connectivity index (χ2n) is 6.56. The summed E-state index contributed by atoms with van der Waals surface area (Å²) in [6, 6.07) is 1.28. The van der Waals surface area contributed by atoms with Crippen LogP contribution in [0.25, 0.3) is 0 Å². The molecule has 0 spiro atoms. The Morgan fingerprint density at radius 1 is 1.26 bits per heavy atom. The predicted octanol–water partition coefficient (Wildman–Crippen LogP) is -1.42. The molecule has 3 rings (SSSR count). The molecule has 3 unspecified atom stereocenters. The van der Waals surface area contributed by atoms with Gasteiger partial charge in [-0.1, -0.05) is 0 Å². The number of nitrogen functional groups attached to an aromatic ring is 1. The lowest BCUT2D eigenvalue weighted by Crippen LogP contribution is -2.51. The molecule has 0 amide bonds. The Balaban J connectivity index is 1.79. The molecule has 0 aliphatic carbocycles. The highest BCUT2D eigenvalue weighted by molar-refractivity contribution is 7.66. The third-order valence-electron chi connectivity index (χ3n) is 4.46. The van der Waals surface area contributed by atoms with E-state index in [2.05, 4.69) is 13.6 Å². The maximum absolute atomic E-state index is 12.1. The average molecular weight is 509 g/mol. The van der Waals surface area contributed by atoms with Gasteiger partial charge in [0, 0.05) is 6.20 Å². The molecule has 31 heavy (non-hydrogen) atoms. The zero-order chi connectivity index (χ0) is 23.4. The van der Waals surface area contributed by atoms with Gasteiger partial charge in [-0.3, -0.25) is 9.09 Å². The van der Waals surface area contributed by atoms with E-state index in [1.165, 1.54) is 12.3 Å². The highest BCUT2D eigenvalue weighted by atomic mass is 31.3. The molecule has 3 heterocycles. The summed E-state index contributed by atoms with van der Waals surface area (Å²) in [6.45, 7) is 0.753. The van der Waals surface area contributed by atoms with Crippen LogP contribution in [0.4, 0.5) is 5.82 Å². The number of fused-ring (bicyclic) bond motifs is 2. The summed E-state index contributed by atoms with van der Waals surface area (Å²) < 4.78 is 58.3. The number of nitrogens with two attached hydrogens (primary N) is 1. The Morgan fingerprint density at radius 3 is 2.48 bits per heavy atom. The molecule has 2 aliphatic rings. The van der Waals surface area contributed by atoms with E-state index in [1.807, 2.05) is 0 Å². The van der Waals surface area contributed by atoms with Gasteiger partial charge < -0.3 is 39.9 Å². The number of aliphatic hydroxyl groups excluding tert-OH is 1. The third kappa shape index (κ3) is 5.15. The maximum atomic E-state index is 12.1. The molecule has 17 nitrogen and oxygen atoms in total. The summed E-state index contributed by atoms with van der Waals surface area (Å²) in [7, 11) is -16.8. The number of anilines is 1. The van der Waals surface area contributed by atoms with Crippen LogP contribution in [0.5, 0.6) is 0 Å². The molecule has 2 saturated heterocycles. The monoisotopic (exact) mass is 509 g/mol. The lowest BCUT2D eigenvalue weighted by Gasteiger charge is -2.35. The smallest absolute Gasteiger partial charge is 0.387 e. The van der Waals surface area contributed by atoms with E-state index in [9.17, 15) is 33.4 Å². The number of phosphoric ester groups is 1. The average Bonchev–Trinajstić information content (AvgIpc) is 3.02. The van der Waals surface area contributed by atoms with E-state index >= 15 is 0 Å². The van der Waals surface area contributed by atoms with Crippen LogP contribution in [-0.4, -0.2) is 64.8 Å². The molecule has 7 N–H and O–H groups in total. The van der Waals surface area contributed by atoms with Gasteiger partial charge in [-0.25, -0.2) is 18.5 Å². The topological polar surface area (TPSA) is 259 Å². The van der Waals surface area contributed by atoms with Gasteiger partial charge in [-0.05, 0) is 13.0 Å². The number of ether oxygens (including phenoxy) is 2. The minimum absolute atomic E-state index is 0.0680. The molecule has 0 aromatic carbocycles. The van der Waals surface area contributed by atoms with Gasteiger partial charge in [0.2, 0.25) is 0 Å². The van der Waals surface area contributed by atoms with Crippen molar-refractivity contribution in [2.45, 2.75) is 37.1 Å². The predicted molar refractivity (Wildman–Crippen MR) is 95.9 cm³/mol. The zero-order valence-electron chi connectivity index (χ0n) is 15.4. The van der Waals surface area contributed by atoms with Crippen LogP contribution < -0.4 is 11.4 Å². The molecule has 7 atom stereocenters. The minimum atomic E-state index is -5.73. The van der Waals surface area contributed by atoms with Gasteiger partial charge in [-0.15, -0.1) is 0 Å². The molecule has 0 saturated carbocycles. The second-order valence-corrected chi connectivity index (χ2v) is 10.9. The van der Waals surface area contributed by atoms with Crippen molar-refractivity contribution >= 4 is 29.3 Å². The summed E-state index contributed by atoms with van der Waals surface area (Å²) >= 11 is 0. The minimum Gasteiger partial charge on any atom is -0.387 e. The molecule has 0 radical (unpaired) electrons. The normalized spacial score (nSPS) is 33.0. The van der Waals surface area contributed by atoms with Gasteiger partial charge in [0.05, 0.1) is 6.61 Å². The number of nitrogens with zero attached hydrogens (tertiary/aromatic N) is 2. The zero-order valence-corrected chi connectivity index (χ0v) is 18.1. The highest BCUT2D eigenvalue weighted by Gasteiger charge is 2.65. The molecule has 2 fully saturated rings. The van der Waals surface area contributed by atoms with Gasteiger partial charge >= 0.3 is 29.2 Å². The Kier molecular flexibility index (Phi) is 6.41. The molecule has 1 aromatic heterocycles. The molecule has 2 aliphatic heterocycles. The van der Waals surface area contributed by atoms with Gasteiger partial charge in [0.15, 0.2) is 6.23 Å². The number of hydrogen-bond acceptors (Lipinski definition) is 12. The number of phosphoric acid groups is 3. The fraction of sp³-hybridized carbons (Fsp3) is 0.636. The van der Waals surface area contributed by atoms with E-state index in [0.717, 1.165) is 11.5 Å². The Morgan fingerprint density at radius 2 is 1.90 bits per heavy atom. The second kappa shape index (κ2) is 8.08. The van der Waals surface area contributed by atoms with Crippen molar-refractivity contribution in [3.63, 3.8) is 0 Å². The summed E-state index contributed by atoms with van der Waals surface area (Å²) in [5, 5.41) is 10.6. The van der Waals surface area contributed by atoms with Gasteiger partial charge in [0.1, 0.15) is 29.7 Å². The van der Waals surface area contributed by atoms with Crippen LogP contribution in [0.15, 0.2) is 17.1 Å². The maximum Gasteiger partial charge on any atom is 0.490 e. The Labute approximate surface area is 172 Å². The van der Waals surface area contributed by atoms with Crippen LogP contribution in [0.1, 0.15) is 13.2 Å². The van der Waals surface area contributed by atoms with E-state index in [4.69, 9.17) is 29.5 Å². The molecule has 2 bridgehead atoms. The molecular weight excluding hydrogens is 491 g/mol. The van der Waals surface area contributed by atoms with Crippen molar-refractivity contribution in [1.29, 1.82) is 0 Å².